The molecule has 2 aromatic rings. The number of hydrogen-bond acceptors (Lipinski definition) is 3. The number of nitrogens with one attached hydrogen (secondary N) is 2. The molecule has 4 nitrogen and oxygen atoms in total. The summed E-state index contributed by atoms with van der Waals surface area (Å²) in [6.45, 7) is 4.57. The second-order valence-electron chi connectivity index (χ2n) is 5.41. The van der Waals surface area contributed by atoms with Crippen molar-refractivity contribution < 1.29 is 9.53 Å². The van der Waals surface area contributed by atoms with Crippen LogP contribution >= 0.6 is 15.9 Å². The van der Waals surface area contributed by atoms with Gasteiger partial charge in [0.15, 0.2) is 0 Å². The lowest BCUT2D eigenvalue weighted by Gasteiger charge is -2.12. The molecule has 122 valence electrons. The van der Waals surface area contributed by atoms with E-state index in [-0.39, 0.29) is 5.91 Å². The third-order valence-electron chi connectivity index (χ3n) is 3.42. The highest BCUT2D eigenvalue weighted by Crippen LogP contribution is 2.25. The van der Waals surface area contributed by atoms with Gasteiger partial charge in [-0.05, 0) is 65.2 Å². The molecule has 0 spiro atoms. The van der Waals surface area contributed by atoms with Gasteiger partial charge in [0.2, 0.25) is 5.91 Å². The fraction of sp³-hybridized carbons (Fsp3) is 0.278. The van der Waals surface area contributed by atoms with Crippen molar-refractivity contribution in [1.82, 2.24) is 0 Å². The lowest BCUT2D eigenvalue weighted by molar-refractivity contribution is -0.115. The molecular formula is C18H21BrN2O2. The molecule has 0 aromatic heterocycles. The molecule has 0 unspecified atom stereocenters. The van der Waals surface area contributed by atoms with Crippen molar-refractivity contribution in [2.24, 2.45) is 0 Å². The summed E-state index contributed by atoms with van der Waals surface area (Å²) in [4.78, 5) is 12.1. The topological polar surface area (TPSA) is 50.4 Å². The first-order valence-electron chi connectivity index (χ1n) is 7.44. The van der Waals surface area contributed by atoms with Crippen molar-refractivity contribution in [1.29, 1.82) is 0 Å². The van der Waals surface area contributed by atoms with Crippen molar-refractivity contribution in [3.8, 4) is 5.75 Å². The molecule has 23 heavy (non-hydrogen) atoms. The van der Waals surface area contributed by atoms with Crippen LogP contribution in [0.3, 0.4) is 0 Å². The summed E-state index contributed by atoms with van der Waals surface area (Å²) >= 11 is 3.46. The van der Waals surface area contributed by atoms with Gasteiger partial charge in [-0.3, -0.25) is 4.79 Å². The Hall–Kier alpha value is -2.01. The molecule has 0 aliphatic heterocycles. The van der Waals surface area contributed by atoms with Crippen molar-refractivity contribution in [3.63, 3.8) is 0 Å². The minimum absolute atomic E-state index is 0.0336. The number of amides is 1. The van der Waals surface area contributed by atoms with Crippen molar-refractivity contribution >= 4 is 33.2 Å². The Morgan fingerprint density at radius 2 is 1.78 bits per heavy atom. The molecule has 0 bridgehead atoms. The van der Waals surface area contributed by atoms with Crippen LogP contribution in [0, 0.1) is 13.8 Å². The van der Waals surface area contributed by atoms with E-state index in [2.05, 4.69) is 26.6 Å². The van der Waals surface area contributed by atoms with Gasteiger partial charge in [-0.2, -0.15) is 0 Å². The molecule has 0 aliphatic rings. The number of anilines is 2. The largest absolute Gasteiger partial charge is 0.495 e. The molecule has 0 aliphatic carbocycles. The van der Waals surface area contributed by atoms with Crippen molar-refractivity contribution in [3.05, 3.63) is 52.0 Å². The van der Waals surface area contributed by atoms with Gasteiger partial charge in [-0.15, -0.1) is 0 Å². The minimum atomic E-state index is -0.0336. The van der Waals surface area contributed by atoms with E-state index in [9.17, 15) is 4.79 Å². The molecule has 2 aromatic carbocycles. The molecule has 0 heterocycles. The second kappa shape index (κ2) is 8.02. The maximum atomic E-state index is 12.1. The minimum Gasteiger partial charge on any atom is -0.495 e. The predicted molar refractivity (Wildman–Crippen MR) is 98.3 cm³/mol. The summed E-state index contributed by atoms with van der Waals surface area (Å²) in [6, 6.07) is 11.8. The third kappa shape index (κ3) is 4.99. The lowest BCUT2D eigenvalue weighted by Crippen LogP contribution is -2.16. The molecule has 0 radical (unpaired) electrons. The molecule has 0 saturated carbocycles. The molecule has 0 fully saturated rings. The van der Waals surface area contributed by atoms with Gasteiger partial charge >= 0.3 is 0 Å². The van der Waals surface area contributed by atoms with E-state index in [0.717, 1.165) is 32.7 Å². The van der Waals surface area contributed by atoms with E-state index >= 15 is 0 Å². The van der Waals surface area contributed by atoms with Gasteiger partial charge in [0.25, 0.3) is 0 Å². The summed E-state index contributed by atoms with van der Waals surface area (Å²) in [5, 5.41) is 6.15. The summed E-state index contributed by atoms with van der Waals surface area (Å²) in [5.41, 5.74) is 3.97. The normalized spacial score (nSPS) is 10.3. The Morgan fingerprint density at radius 1 is 1.09 bits per heavy atom. The number of aryl methyl sites for hydroxylation is 2. The first kappa shape index (κ1) is 17.3. The average molecular weight is 377 g/mol. The molecular weight excluding hydrogens is 356 g/mol. The van der Waals surface area contributed by atoms with Gasteiger partial charge in [-0.1, -0.05) is 12.1 Å². The number of ether oxygens (including phenoxy) is 1. The van der Waals surface area contributed by atoms with Crippen molar-refractivity contribution in [2.75, 3.05) is 24.3 Å². The smallest absolute Gasteiger partial charge is 0.226 e. The van der Waals surface area contributed by atoms with E-state index in [1.807, 2.05) is 50.2 Å². The number of benzene rings is 2. The van der Waals surface area contributed by atoms with E-state index in [1.54, 1.807) is 7.11 Å². The molecule has 2 N–H and O–H groups in total. The standard InChI is InChI=1S/C18H21BrN2O2/c1-12-4-6-15(14(19)10-12)21-18(22)8-9-20-16-11-13(2)5-7-17(16)23-3/h4-7,10-11,20H,8-9H2,1-3H3,(H,21,22). The monoisotopic (exact) mass is 376 g/mol. The number of carbonyl (C=O) groups is 1. The fourth-order valence-corrected chi connectivity index (χ4v) is 2.80. The van der Waals surface area contributed by atoms with Crippen LogP contribution in [-0.4, -0.2) is 19.6 Å². The molecule has 0 saturated heterocycles. The van der Waals surface area contributed by atoms with Gasteiger partial charge < -0.3 is 15.4 Å². The van der Waals surface area contributed by atoms with E-state index in [1.165, 1.54) is 0 Å². The number of carbonyl (C=O) groups excluding carboxylic acids is 1. The van der Waals surface area contributed by atoms with E-state index in [4.69, 9.17) is 4.74 Å². The van der Waals surface area contributed by atoms with E-state index < -0.39 is 0 Å². The maximum absolute atomic E-state index is 12.1. The Kier molecular flexibility index (Phi) is 6.04. The Bertz CT molecular complexity index is 701. The van der Waals surface area contributed by atoms with Gasteiger partial charge in [0.1, 0.15) is 5.75 Å². The predicted octanol–water partition coefficient (Wildman–Crippen LogP) is 4.52. The van der Waals surface area contributed by atoms with Crippen LogP contribution in [0.2, 0.25) is 0 Å². The SMILES string of the molecule is COc1ccc(C)cc1NCCC(=O)Nc1ccc(C)cc1Br. The second-order valence-corrected chi connectivity index (χ2v) is 6.27. The van der Waals surface area contributed by atoms with Crippen LogP contribution in [0.15, 0.2) is 40.9 Å². The lowest BCUT2D eigenvalue weighted by atomic mass is 10.2. The van der Waals surface area contributed by atoms with E-state index in [0.29, 0.717) is 13.0 Å². The number of methoxy groups -OCH3 is 1. The van der Waals surface area contributed by atoms with Gasteiger partial charge in [0.05, 0.1) is 18.5 Å². The van der Waals surface area contributed by atoms with Crippen LogP contribution in [0.5, 0.6) is 5.75 Å². The molecule has 2 rings (SSSR count). The Labute approximate surface area is 145 Å². The number of hydrogen-bond donors (Lipinski definition) is 2. The van der Waals surface area contributed by atoms with Crippen LogP contribution in [0.25, 0.3) is 0 Å². The molecule has 1 amide bonds. The zero-order valence-corrected chi connectivity index (χ0v) is 15.2. The Balaban J connectivity index is 1.89. The van der Waals surface area contributed by atoms with Crippen LogP contribution in [0.4, 0.5) is 11.4 Å². The first-order valence-corrected chi connectivity index (χ1v) is 8.23. The maximum Gasteiger partial charge on any atom is 0.226 e. The zero-order chi connectivity index (χ0) is 16.8. The van der Waals surface area contributed by atoms with Gasteiger partial charge in [-0.25, -0.2) is 0 Å². The fourth-order valence-electron chi connectivity index (χ4n) is 2.20. The van der Waals surface area contributed by atoms with Crippen LogP contribution in [0.1, 0.15) is 17.5 Å². The quantitative estimate of drug-likeness (QED) is 0.779. The summed E-state index contributed by atoms with van der Waals surface area (Å²) in [6.07, 6.45) is 0.372. The third-order valence-corrected chi connectivity index (χ3v) is 4.08. The highest BCUT2D eigenvalue weighted by molar-refractivity contribution is 9.10. The van der Waals surface area contributed by atoms with Crippen molar-refractivity contribution in [2.45, 2.75) is 20.3 Å². The number of halogens is 1. The van der Waals surface area contributed by atoms with Crippen LogP contribution < -0.4 is 15.4 Å². The molecule has 0 atom stereocenters. The summed E-state index contributed by atoms with van der Waals surface area (Å²) in [5.74, 6) is 0.742. The highest BCUT2D eigenvalue weighted by atomic mass is 79.9. The average Bonchev–Trinajstić information content (AvgIpc) is 2.50. The first-order chi connectivity index (χ1) is 11.0. The summed E-state index contributed by atoms with van der Waals surface area (Å²) < 4.78 is 6.20. The van der Waals surface area contributed by atoms with Crippen LogP contribution in [-0.2, 0) is 4.79 Å². The number of rotatable bonds is 6. The highest BCUT2D eigenvalue weighted by Gasteiger charge is 2.07. The summed E-state index contributed by atoms with van der Waals surface area (Å²) in [7, 11) is 1.64. The Morgan fingerprint density at radius 3 is 2.48 bits per heavy atom. The van der Waals surface area contributed by atoms with Gasteiger partial charge in [0, 0.05) is 17.4 Å². The zero-order valence-electron chi connectivity index (χ0n) is 13.6. The molecule has 5 heteroatoms.